The van der Waals surface area contributed by atoms with Gasteiger partial charge in [-0.1, -0.05) is 19.1 Å². The quantitative estimate of drug-likeness (QED) is 0.743. The normalized spacial score (nSPS) is 12.0. The van der Waals surface area contributed by atoms with Crippen LogP contribution < -0.4 is 10.1 Å². The van der Waals surface area contributed by atoms with Gasteiger partial charge in [-0.05, 0) is 44.0 Å². The Morgan fingerprint density at radius 1 is 1.35 bits per heavy atom. The molecule has 4 nitrogen and oxygen atoms in total. The lowest BCUT2D eigenvalue weighted by molar-refractivity contribution is -0.143. The van der Waals surface area contributed by atoms with Gasteiger partial charge in [0.25, 0.3) is 0 Å². The molecular weight excluding hydrogens is 254 g/mol. The number of hydrogen-bond donors (Lipinski definition) is 1. The summed E-state index contributed by atoms with van der Waals surface area (Å²) in [7, 11) is 1.41. The van der Waals surface area contributed by atoms with Gasteiger partial charge in [-0.25, -0.2) is 0 Å². The summed E-state index contributed by atoms with van der Waals surface area (Å²) in [5.41, 5.74) is 2.35. The summed E-state index contributed by atoms with van der Waals surface area (Å²) in [6.07, 6.45) is 1.57. The maximum Gasteiger partial charge on any atom is 0.322 e. The van der Waals surface area contributed by atoms with Gasteiger partial charge in [0, 0.05) is 6.42 Å². The molecule has 0 aliphatic carbocycles. The van der Waals surface area contributed by atoms with Gasteiger partial charge in [-0.2, -0.15) is 0 Å². The predicted octanol–water partition coefficient (Wildman–Crippen LogP) is 2.61. The van der Waals surface area contributed by atoms with Gasteiger partial charge in [-0.3, -0.25) is 4.79 Å². The molecule has 0 aliphatic heterocycles. The van der Waals surface area contributed by atoms with Crippen molar-refractivity contribution in [1.82, 2.24) is 5.32 Å². The lowest BCUT2D eigenvalue weighted by Crippen LogP contribution is -2.39. The van der Waals surface area contributed by atoms with Crippen molar-refractivity contribution in [1.29, 1.82) is 0 Å². The molecule has 0 spiro atoms. The van der Waals surface area contributed by atoms with Crippen LogP contribution in [0.2, 0.25) is 0 Å². The SMILES string of the molecule is CCCNC(CCOc1cccc(C)c1C)C(=O)OC. The zero-order chi connectivity index (χ0) is 15.0. The van der Waals surface area contributed by atoms with Crippen molar-refractivity contribution < 1.29 is 14.3 Å². The molecule has 20 heavy (non-hydrogen) atoms. The fraction of sp³-hybridized carbons (Fsp3) is 0.562. The van der Waals surface area contributed by atoms with Crippen molar-refractivity contribution in [3.63, 3.8) is 0 Å². The molecule has 0 aromatic heterocycles. The van der Waals surface area contributed by atoms with Gasteiger partial charge in [0.15, 0.2) is 0 Å². The van der Waals surface area contributed by atoms with E-state index in [1.165, 1.54) is 12.7 Å². The number of esters is 1. The van der Waals surface area contributed by atoms with E-state index in [9.17, 15) is 4.79 Å². The van der Waals surface area contributed by atoms with Crippen LogP contribution in [0.15, 0.2) is 18.2 Å². The Balaban J connectivity index is 2.51. The number of carbonyl (C=O) groups is 1. The predicted molar refractivity (Wildman–Crippen MR) is 80.1 cm³/mol. The number of benzene rings is 1. The third-order valence-corrected chi connectivity index (χ3v) is 3.35. The highest BCUT2D eigenvalue weighted by Crippen LogP contribution is 2.20. The Morgan fingerprint density at radius 3 is 2.75 bits per heavy atom. The Hall–Kier alpha value is -1.55. The molecule has 1 aromatic rings. The Labute approximate surface area is 121 Å². The molecule has 0 radical (unpaired) electrons. The summed E-state index contributed by atoms with van der Waals surface area (Å²) in [6.45, 7) is 7.44. The van der Waals surface area contributed by atoms with E-state index >= 15 is 0 Å². The van der Waals surface area contributed by atoms with Crippen LogP contribution in [0.3, 0.4) is 0 Å². The van der Waals surface area contributed by atoms with Crippen molar-refractivity contribution in [2.45, 2.75) is 39.7 Å². The van der Waals surface area contributed by atoms with Gasteiger partial charge < -0.3 is 14.8 Å². The highest BCUT2D eigenvalue weighted by Gasteiger charge is 2.18. The van der Waals surface area contributed by atoms with Gasteiger partial charge in [-0.15, -0.1) is 0 Å². The largest absolute Gasteiger partial charge is 0.493 e. The molecule has 112 valence electrons. The highest BCUT2D eigenvalue weighted by atomic mass is 16.5. The zero-order valence-corrected chi connectivity index (χ0v) is 12.9. The van der Waals surface area contributed by atoms with E-state index in [0.29, 0.717) is 13.0 Å². The van der Waals surface area contributed by atoms with Crippen LogP contribution >= 0.6 is 0 Å². The molecule has 1 atom stereocenters. The van der Waals surface area contributed by atoms with Crippen molar-refractivity contribution in [3.8, 4) is 5.75 Å². The lowest BCUT2D eigenvalue weighted by Gasteiger charge is -2.17. The minimum Gasteiger partial charge on any atom is -0.493 e. The van der Waals surface area contributed by atoms with Gasteiger partial charge in [0.1, 0.15) is 11.8 Å². The molecule has 1 unspecified atom stereocenters. The highest BCUT2D eigenvalue weighted by molar-refractivity contribution is 5.75. The lowest BCUT2D eigenvalue weighted by atomic mass is 10.1. The van der Waals surface area contributed by atoms with Crippen LogP contribution in [0, 0.1) is 13.8 Å². The van der Waals surface area contributed by atoms with Crippen molar-refractivity contribution in [2.75, 3.05) is 20.3 Å². The van der Waals surface area contributed by atoms with E-state index in [1.807, 2.05) is 19.1 Å². The number of aryl methyl sites for hydroxylation is 1. The first-order valence-corrected chi connectivity index (χ1v) is 7.10. The Bertz CT molecular complexity index is 432. The number of nitrogens with one attached hydrogen (secondary N) is 1. The fourth-order valence-corrected chi connectivity index (χ4v) is 1.93. The molecule has 1 rings (SSSR count). The number of carbonyl (C=O) groups excluding carboxylic acids is 1. The van der Waals surface area contributed by atoms with Crippen LogP contribution in [0.4, 0.5) is 0 Å². The third-order valence-electron chi connectivity index (χ3n) is 3.35. The van der Waals surface area contributed by atoms with E-state index in [1.54, 1.807) is 0 Å². The second-order valence-corrected chi connectivity index (χ2v) is 4.87. The molecule has 0 saturated carbocycles. The van der Waals surface area contributed by atoms with Crippen LogP contribution in [-0.2, 0) is 9.53 Å². The van der Waals surface area contributed by atoms with Gasteiger partial charge >= 0.3 is 5.97 Å². The van der Waals surface area contributed by atoms with E-state index in [0.717, 1.165) is 24.3 Å². The Kier molecular flexibility index (Phi) is 7.09. The standard InChI is InChI=1S/C16H25NO3/c1-5-10-17-14(16(18)19-4)9-11-20-15-8-6-7-12(2)13(15)3/h6-8,14,17H,5,9-11H2,1-4H3. The first kappa shape index (κ1) is 16.5. The Morgan fingerprint density at radius 2 is 2.10 bits per heavy atom. The second-order valence-electron chi connectivity index (χ2n) is 4.87. The molecule has 0 amide bonds. The summed E-state index contributed by atoms with van der Waals surface area (Å²) in [6, 6.07) is 5.69. The molecule has 0 aliphatic rings. The molecule has 4 heteroatoms. The average molecular weight is 279 g/mol. The molecule has 0 fully saturated rings. The summed E-state index contributed by atoms with van der Waals surface area (Å²) >= 11 is 0. The van der Waals surface area contributed by atoms with E-state index < -0.39 is 0 Å². The van der Waals surface area contributed by atoms with E-state index in [-0.39, 0.29) is 12.0 Å². The second kappa shape index (κ2) is 8.59. The molecule has 1 N–H and O–H groups in total. The summed E-state index contributed by atoms with van der Waals surface area (Å²) in [5.74, 6) is 0.645. The third kappa shape index (κ3) is 4.85. The first-order valence-electron chi connectivity index (χ1n) is 7.10. The van der Waals surface area contributed by atoms with Crippen LogP contribution in [0.25, 0.3) is 0 Å². The van der Waals surface area contributed by atoms with Crippen molar-refractivity contribution in [2.24, 2.45) is 0 Å². The molecule has 0 saturated heterocycles. The molecule has 1 aromatic carbocycles. The number of hydrogen-bond acceptors (Lipinski definition) is 4. The zero-order valence-electron chi connectivity index (χ0n) is 12.9. The number of rotatable bonds is 8. The fourth-order valence-electron chi connectivity index (χ4n) is 1.93. The topological polar surface area (TPSA) is 47.6 Å². The maximum atomic E-state index is 11.6. The van der Waals surface area contributed by atoms with E-state index in [2.05, 4.69) is 25.2 Å². The van der Waals surface area contributed by atoms with Gasteiger partial charge in [0.05, 0.1) is 13.7 Å². The van der Waals surface area contributed by atoms with Crippen molar-refractivity contribution in [3.05, 3.63) is 29.3 Å². The van der Waals surface area contributed by atoms with E-state index in [4.69, 9.17) is 9.47 Å². The molecule has 0 bridgehead atoms. The molecular formula is C16H25NO3. The van der Waals surface area contributed by atoms with Crippen molar-refractivity contribution >= 4 is 5.97 Å². The maximum absolute atomic E-state index is 11.6. The summed E-state index contributed by atoms with van der Waals surface area (Å²) in [4.78, 5) is 11.6. The number of methoxy groups -OCH3 is 1. The van der Waals surface area contributed by atoms with Crippen LogP contribution in [0.1, 0.15) is 30.9 Å². The minimum absolute atomic E-state index is 0.233. The minimum atomic E-state index is -0.301. The van der Waals surface area contributed by atoms with Gasteiger partial charge in [0.2, 0.25) is 0 Å². The summed E-state index contributed by atoms with van der Waals surface area (Å²) in [5, 5.41) is 3.18. The summed E-state index contributed by atoms with van der Waals surface area (Å²) < 4.78 is 10.6. The first-order chi connectivity index (χ1) is 9.60. The smallest absolute Gasteiger partial charge is 0.322 e. The van der Waals surface area contributed by atoms with Crippen LogP contribution in [-0.4, -0.2) is 32.3 Å². The molecule has 0 heterocycles. The monoisotopic (exact) mass is 279 g/mol. The average Bonchev–Trinajstić information content (AvgIpc) is 2.46. The number of ether oxygens (including phenoxy) is 2. The van der Waals surface area contributed by atoms with Crippen LogP contribution in [0.5, 0.6) is 5.75 Å².